The molecule has 0 aliphatic rings. The van der Waals surface area contributed by atoms with Gasteiger partial charge in [-0.1, -0.05) is 0 Å². The van der Waals surface area contributed by atoms with Crippen molar-refractivity contribution >= 4 is 28.9 Å². The van der Waals surface area contributed by atoms with Crippen molar-refractivity contribution in [3.63, 3.8) is 0 Å². The summed E-state index contributed by atoms with van der Waals surface area (Å²) in [5.74, 6) is 1.40. The van der Waals surface area contributed by atoms with E-state index < -0.39 is 5.92 Å². The predicted molar refractivity (Wildman–Crippen MR) is 74.4 cm³/mol. The van der Waals surface area contributed by atoms with Crippen molar-refractivity contribution in [2.45, 2.75) is 5.75 Å². The van der Waals surface area contributed by atoms with Crippen LogP contribution in [-0.2, 0) is 5.75 Å². The fraction of sp³-hybridized carbons (Fsp3) is 0.455. The molecular formula is C11H13N5S2. The Kier molecular flexibility index (Phi) is 6.85. The fourth-order valence-corrected chi connectivity index (χ4v) is 2.76. The zero-order valence-corrected chi connectivity index (χ0v) is 11.6. The van der Waals surface area contributed by atoms with E-state index in [9.17, 15) is 0 Å². The molecule has 0 saturated carbocycles. The van der Waals surface area contributed by atoms with Gasteiger partial charge in [0.05, 0.1) is 12.1 Å². The van der Waals surface area contributed by atoms with E-state index >= 15 is 0 Å². The van der Waals surface area contributed by atoms with Gasteiger partial charge in [0.15, 0.2) is 5.92 Å². The Bertz CT molecular complexity index is 441. The van der Waals surface area contributed by atoms with E-state index in [0.29, 0.717) is 12.4 Å². The third-order valence-corrected chi connectivity index (χ3v) is 3.97. The Hall–Kier alpha value is -1.57. The molecule has 0 aromatic carbocycles. The fourth-order valence-electron chi connectivity index (χ4n) is 1.20. The van der Waals surface area contributed by atoms with Crippen LogP contribution in [0.1, 0.15) is 5.01 Å². The largest absolute Gasteiger partial charge is 0.371 e. The number of nitrogens with one attached hydrogen (secondary N) is 1. The maximum Gasteiger partial charge on any atom is 0.189 e. The van der Waals surface area contributed by atoms with Gasteiger partial charge in [-0.25, -0.2) is 4.98 Å². The Labute approximate surface area is 115 Å². The van der Waals surface area contributed by atoms with Crippen LogP contribution in [0.4, 0.5) is 0 Å². The Morgan fingerprint density at radius 3 is 2.94 bits per heavy atom. The summed E-state index contributed by atoms with van der Waals surface area (Å²) in [5.41, 5.74) is 0. The molecule has 0 aliphatic heterocycles. The second-order valence-electron chi connectivity index (χ2n) is 3.21. The first-order chi connectivity index (χ1) is 8.81. The van der Waals surface area contributed by atoms with E-state index in [1.807, 2.05) is 17.5 Å². The molecule has 1 rings (SSSR count). The second kappa shape index (κ2) is 8.51. The third-order valence-electron chi connectivity index (χ3n) is 2.03. The van der Waals surface area contributed by atoms with E-state index in [-0.39, 0.29) is 0 Å². The minimum atomic E-state index is -0.807. The van der Waals surface area contributed by atoms with Gasteiger partial charge in [0.25, 0.3) is 0 Å². The maximum absolute atomic E-state index is 8.75. The molecule has 0 unspecified atom stereocenters. The van der Waals surface area contributed by atoms with Crippen LogP contribution in [0.3, 0.4) is 0 Å². The predicted octanol–water partition coefficient (Wildman–Crippen LogP) is 1.66. The lowest BCUT2D eigenvalue weighted by Gasteiger charge is -2.08. The van der Waals surface area contributed by atoms with Gasteiger partial charge in [-0.15, -0.1) is 11.3 Å². The highest BCUT2D eigenvalue weighted by atomic mass is 32.2. The van der Waals surface area contributed by atoms with E-state index in [2.05, 4.69) is 15.3 Å². The smallest absolute Gasteiger partial charge is 0.189 e. The maximum atomic E-state index is 8.75. The summed E-state index contributed by atoms with van der Waals surface area (Å²) in [5, 5.41) is 23.6. The number of thioether (sulfide) groups is 1. The van der Waals surface area contributed by atoms with Crippen LogP contribution in [0.2, 0.25) is 0 Å². The zero-order valence-electron chi connectivity index (χ0n) is 9.96. The van der Waals surface area contributed by atoms with Crippen molar-refractivity contribution in [2.75, 3.05) is 19.3 Å². The van der Waals surface area contributed by atoms with Gasteiger partial charge in [-0.05, 0) is 0 Å². The van der Waals surface area contributed by atoms with Gasteiger partial charge in [-0.2, -0.15) is 22.3 Å². The minimum Gasteiger partial charge on any atom is -0.371 e. The third kappa shape index (κ3) is 4.74. The van der Waals surface area contributed by atoms with Gasteiger partial charge < -0.3 is 5.32 Å². The molecule has 0 aliphatic carbocycles. The van der Waals surface area contributed by atoms with Crippen molar-refractivity contribution in [3.05, 3.63) is 16.6 Å². The topological polar surface area (TPSA) is 84.9 Å². The normalized spacial score (nSPS) is 11.0. The summed E-state index contributed by atoms with van der Waals surface area (Å²) in [6, 6.07) is 3.79. The average molecular weight is 279 g/mol. The van der Waals surface area contributed by atoms with Gasteiger partial charge in [0.2, 0.25) is 0 Å². The minimum absolute atomic E-state index is 0.440. The first-order valence-corrected chi connectivity index (χ1v) is 7.31. The summed E-state index contributed by atoms with van der Waals surface area (Å²) in [6.07, 6.45) is 1.80. The van der Waals surface area contributed by atoms with Crippen molar-refractivity contribution in [1.82, 2.24) is 10.3 Å². The number of amidine groups is 1. The number of aliphatic imine (C=N–C) groups is 1. The number of hydrogen-bond donors (Lipinski definition) is 1. The molecule has 0 radical (unpaired) electrons. The highest BCUT2D eigenvalue weighted by Crippen LogP contribution is 2.13. The quantitative estimate of drug-likeness (QED) is 0.486. The monoisotopic (exact) mass is 279 g/mol. The summed E-state index contributed by atoms with van der Waals surface area (Å²) >= 11 is 3.40. The van der Waals surface area contributed by atoms with Crippen LogP contribution in [0, 0.1) is 28.6 Å². The van der Waals surface area contributed by atoms with E-state index in [0.717, 1.165) is 16.5 Å². The van der Waals surface area contributed by atoms with Gasteiger partial charge in [0.1, 0.15) is 10.8 Å². The molecule has 1 N–H and O–H groups in total. The standard InChI is InChI=1S/C11H13N5S2/c1-14-11(9(6-12)7-13)16-2-4-17-8-10-15-3-5-18-10/h3,5,9H,2,4,8H2,1H3,(H,14,16). The molecule has 5 nitrogen and oxygen atoms in total. The number of thiazole rings is 1. The number of hydrogen-bond acceptors (Lipinski definition) is 6. The Balaban J connectivity index is 2.21. The van der Waals surface area contributed by atoms with Crippen molar-refractivity contribution in [1.29, 1.82) is 10.5 Å². The number of aromatic nitrogens is 1. The number of nitriles is 2. The molecule has 0 fully saturated rings. The summed E-state index contributed by atoms with van der Waals surface area (Å²) in [7, 11) is 1.58. The van der Waals surface area contributed by atoms with E-state index in [4.69, 9.17) is 10.5 Å². The lowest BCUT2D eigenvalue weighted by molar-refractivity contribution is 0.916. The van der Waals surface area contributed by atoms with Crippen LogP contribution in [-0.4, -0.2) is 30.2 Å². The summed E-state index contributed by atoms with van der Waals surface area (Å²) in [6.45, 7) is 0.683. The number of rotatable bonds is 6. The van der Waals surface area contributed by atoms with Crippen molar-refractivity contribution < 1.29 is 0 Å². The molecule has 0 atom stereocenters. The molecule has 0 spiro atoms. The molecule has 0 amide bonds. The molecule has 0 saturated heterocycles. The molecule has 0 bridgehead atoms. The highest BCUT2D eigenvalue weighted by Gasteiger charge is 2.12. The Morgan fingerprint density at radius 1 is 1.61 bits per heavy atom. The van der Waals surface area contributed by atoms with E-state index in [1.165, 1.54) is 0 Å². The van der Waals surface area contributed by atoms with Gasteiger partial charge in [-0.3, -0.25) is 4.99 Å². The summed E-state index contributed by atoms with van der Waals surface area (Å²) in [4.78, 5) is 8.11. The average Bonchev–Trinajstić information content (AvgIpc) is 2.90. The SMILES string of the molecule is CN=C(NCCSCc1nccs1)C(C#N)C#N. The first kappa shape index (κ1) is 14.5. The van der Waals surface area contributed by atoms with Crippen LogP contribution in [0.5, 0.6) is 0 Å². The van der Waals surface area contributed by atoms with Crippen LogP contribution < -0.4 is 5.32 Å². The highest BCUT2D eigenvalue weighted by molar-refractivity contribution is 7.98. The van der Waals surface area contributed by atoms with Crippen LogP contribution in [0.15, 0.2) is 16.6 Å². The molecule has 7 heteroatoms. The van der Waals surface area contributed by atoms with Crippen LogP contribution in [0.25, 0.3) is 0 Å². The van der Waals surface area contributed by atoms with Crippen LogP contribution >= 0.6 is 23.1 Å². The molecule has 1 heterocycles. The molecule has 18 heavy (non-hydrogen) atoms. The second-order valence-corrected chi connectivity index (χ2v) is 5.29. The molecule has 1 aromatic rings. The Morgan fingerprint density at radius 2 is 2.39 bits per heavy atom. The van der Waals surface area contributed by atoms with Crippen molar-refractivity contribution in [3.8, 4) is 12.1 Å². The summed E-state index contributed by atoms with van der Waals surface area (Å²) < 4.78 is 0. The lowest BCUT2D eigenvalue weighted by Crippen LogP contribution is -2.31. The first-order valence-electron chi connectivity index (χ1n) is 5.27. The molecular weight excluding hydrogens is 266 g/mol. The van der Waals surface area contributed by atoms with Gasteiger partial charge >= 0.3 is 0 Å². The number of nitrogens with zero attached hydrogens (tertiary/aromatic N) is 4. The van der Waals surface area contributed by atoms with Gasteiger partial charge in [0, 0.05) is 36.7 Å². The lowest BCUT2D eigenvalue weighted by atomic mass is 10.2. The zero-order chi connectivity index (χ0) is 13.2. The van der Waals surface area contributed by atoms with Crippen molar-refractivity contribution in [2.24, 2.45) is 10.9 Å². The molecule has 94 valence electrons. The molecule has 1 aromatic heterocycles. The van der Waals surface area contributed by atoms with E-state index in [1.54, 1.807) is 36.3 Å².